The second-order valence-electron chi connectivity index (χ2n) is 4.86. The number of hydrogen-bond donors (Lipinski definition) is 2. The van der Waals surface area contributed by atoms with Gasteiger partial charge in [0.25, 0.3) is 0 Å². The summed E-state index contributed by atoms with van der Waals surface area (Å²) < 4.78 is 5.27. The van der Waals surface area contributed by atoms with Gasteiger partial charge in [-0.25, -0.2) is 0 Å². The molecule has 108 valence electrons. The van der Waals surface area contributed by atoms with E-state index in [1.165, 1.54) is 11.9 Å². The van der Waals surface area contributed by atoms with Crippen LogP contribution in [-0.4, -0.2) is 54.6 Å². The number of hydrogen-bond acceptors (Lipinski definition) is 4. The van der Waals surface area contributed by atoms with Crippen LogP contribution in [0.5, 0.6) is 0 Å². The van der Waals surface area contributed by atoms with Crippen molar-refractivity contribution in [3.63, 3.8) is 0 Å². The molecule has 1 aliphatic heterocycles. The van der Waals surface area contributed by atoms with Crippen LogP contribution >= 0.6 is 12.2 Å². The van der Waals surface area contributed by atoms with Gasteiger partial charge in [0.1, 0.15) is 6.04 Å². The zero-order valence-electron chi connectivity index (χ0n) is 11.5. The molecular formula is C12H21N3O3S. The molecule has 7 heteroatoms. The van der Waals surface area contributed by atoms with Crippen molar-refractivity contribution in [1.29, 1.82) is 0 Å². The molecule has 0 aromatic heterocycles. The van der Waals surface area contributed by atoms with Crippen LogP contribution in [0.25, 0.3) is 0 Å². The molecule has 2 atom stereocenters. The Hall–Kier alpha value is -1.21. The number of nitrogens with two attached hydrogens (primary N) is 1. The topological polar surface area (TPSA) is 84.7 Å². The van der Waals surface area contributed by atoms with E-state index < -0.39 is 12.0 Å². The molecule has 6 nitrogen and oxygen atoms in total. The van der Waals surface area contributed by atoms with E-state index in [4.69, 9.17) is 22.7 Å². The van der Waals surface area contributed by atoms with Gasteiger partial charge in [-0.3, -0.25) is 9.59 Å². The van der Waals surface area contributed by atoms with Crippen molar-refractivity contribution in [3.05, 3.63) is 0 Å². The Morgan fingerprint density at radius 3 is 2.58 bits per heavy atom. The van der Waals surface area contributed by atoms with Crippen LogP contribution in [0.4, 0.5) is 0 Å². The normalized spacial score (nSPS) is 21.1. The Kier molecular flexibility index (Phi) is 5.68. The Balaban J connectivity index is 2.93. The molecule has 0 bridgehead atoms. The number of thiocarbonyl (C=S) groups is 1. The largest absolute Gasteiger partial charge is 0.393 e. The highest BCUT2D eigenvalue weighted by Gasteiger charge is 2.37. The van der Waals surface area contributed by atoms with Gasteiger partial charge in [0.2, 0.25) is 11.8 Å². The average Bonchev–Trinajstić information content (AvgIpc) is 2.36. The minimum Gasteiger partial charge on any atom is -0.393 e. The summed E-state index contributed by atoms with van der Waals surface area (Å²) in [5, 5.41) is 2.54. The summed E-state index contributed by atoms with van der Waals surface area (Å²) in [7, 11) is 1.53. The minimum absolute atomic E-state index is 0.00168. The number of likely N-dealkylation sites (N-methyl/N-ethyl adjacent to an activating group) is 1. The van der Waals surface area contributed by atoms with Gasteiger partial charge in [-0.1, -0.05) is 26.1 Å². The van der Waals surface area contributed by atoms with Gasteiger partial charge >= 0.3 is 0 Å². The summed E-state index contributed by atoms with van der Waals surface area (Å²) in [5.74, 6) is -0.976. The molecule has 2 amide bonds. The number of rotatable bonds is 4. The van der Waals surface area contributed by atoms with Gasteiger partial charge in [-0.2, -0.15) is 0 Å². The molecule has 2 unspecified atom stereocenters. The number of nitrogens with one attached hydrogen (secondary N) is 1. The van der Waals surface area contributed by atoms with Crippen molar-refractivity contribution in [2.24, 2.45) is 17.6 Å². The molecular weight excluding hydrogens is 266 g/mol. The maximum Gasteiger partial charge on any atom is 0.244 e. The zero-order valence-corrected chi connectivity index (χ0v) is 12.3. The fourth-order valence-corrected chi connectivity index (χ4v) is 2.54. The van der Waals surface area contributed by atoms with E-state index in [1.54, 1.807) is 0 Å². The van der Waals surface area contributed by atoms with Crippen molar-refractivity contribution in [2.75, 3.05) is 26.8 Å². The molecule has 1 rings (SSSR count). The molecule has 1 saturated heterocycles. The summed E-state index contributed by atoms with van der Waals surface area (Å²) >= 11 is 4.97. The third kappa shape index (κ3) is 3.63. The third-order valence-corrected chi connectivity index (χ3v) is 3.45. The Morgan fingerprint density at radius 1 is 1.47 bits per heavy atom. The first-order chi connectivity index (χ1) is 8.90. The lowest BCUT2D eigenvalue weighted by molar-refractivity contribution is -0.150. The summed E-state index contributed by atoms with van der Waals surface area (Å²) in [6, 6.07) is -0.609. The van der Waals surface area contributed by atoms with E-state index in [1.807, 2.05) is 13.8 Å². The molecule has 19 heavy (non-hydrogen) atoms. The minimum atomic E-state index is -0.609. The van der Waals surface area contributed by atoms with Crippen LogP contribution < -0.4 is 11.1 Å². The first-order valence-electron chi connectivity index (χ1n) is 6.29. The molecule has 1 aliphatic rings. The van der Waals surface area contributed by atoms with Crippen molar-refractivity contribution < 1.29 is 14.3 Å². The second kappa shape index (κ2) is 6.81. The molecule has 0 spiro atoms. The van der Waals surface area contributed by atoms with Gasteiger partial charge in [-0.15, -0.1) is 0 Å². The van der Waals surface area contributed by atoms with Gasteiger partial charge in [0, 0.05) is 13.6 Å². The van der Waals surface area contributed by atoms with Crippen LogP contribution in [0.3, 0.4) is 0 Å². The maximum absolute atomic E-state index is 12.5. The van der Waals surface area contributed by atoms with Gasteiger partial charge in [-0.05, 0) is 5.92 Å². The number of carbonyl (C=O) groups excluding carboxylic acids is 2. The fourth-order valence-electron chi connectivity index (χ4n) is 2.17. The van der Waals surface area contributed by atoms with E-state index in [9.17, 15) is 9.59 Å². The lowest BCUT2D eigenvalue weighted by Crippen LogP contribution is -2.58. The predicted molar refractivity (Wildman–Crippen MR) is 75.5 cm³/mol. The van der Waals surface area contributed by atoms with Crippen molar-refractivity contribution in [2.45, 2.75) is 19.9 Å². The number of amides is 2. The number of ether oxygens (including phenoxy) is 1. The smallest absolute Gasteiger partial charge is 0.244 e. The maximum atomic E-state index is 12.5. The van der Waals surface area contributed by atoms with Crippen molar-refractivity contribution in [3.8, 4) is 0 Å². The molecule has 1 fully saturated rings. The summed E-state index contributed by atoms with van der Waals surface area (Å²) in [6.07, 6.45) is 0. The van der Waals surface area contributed by atoms with Crippen molar-refractivity contribution in [1.82, 2.24) is 10.2 Å². The van der Waals surface area contributed by atoms with E-state index in [2.05, 4.69) is 5.32 Å². The molecule has 0 aromatic carbocycles. The average molecular weight is 287 g/mol. The van der Waals surface area contributed by atoms with E-state index in [-0.39, 0.29) is 29.3 Å². The molecule has 3 N–H and O–H groups in total. The number of morpholine rings is 1. The van der Waals surface area contributed by atoms with E-state index in [0.717, 1.165) is 0 Å². The van der Waals surface area contributed by atoms with Gasteiger partial charge in [0.05, 0.1) is 24.1 Å². The summed E-state index contributed by atoms with van der Waals surface area (Å²) in [5.41, 5.74) is 5.65. The van der Waals surface area contributed by atoms with E-state index >= 15 is 0 Å². The SMILES string of the molecule is CNC(=O)C1COCCN1C(=O)C(C(N)=S)C(C)C. The van der Waals surface area contributed by atoms with Gasteiger partial charge in [0.15, 0.2) is 0 Å². The fraction of sp³-hybridized carbons (Fsp3) is 0.750. The summed E-state index contributed by atoms with van der Waals surface area (Å²) in [6.45, 7) is 4.77. The van der Waals surface area contributed by atoms with Crippen LogP contribution in [-0.2, 0) is 14.3 Å². The van der Waals surface area contributed by atoms with E-state index in [0.29, 0.717) is 13.2 Å². The Bertz CT molecular complexity index is 373. The number of carbonyl (C=O) groups is 2. The lowest BCUT2D eigenvalue weighted by atomic mass is 9.93. The molecule has 0 aliphatic carbocycles. The predicted octanol–water partition coefficient (Wildman–Crippen LogP) is -0.482. The second-order valence-corrected chi connectivity index (χ2v) is 5.33. The standard InChI is InChI=1S/C12H21N3O3S/c1-7(2)9(10(13)19)12(17)15-4-5-18-6-8(15)11(16)14-3/h7-9H,4-6H2,1-3H3,(H2,13,19)(H,14,16). The molecule has 0 saturated carbocycles. The van der Waals surface area contributed by atoms with Crippen LogP contribution in [0.2, 0.25) is 0 Å². The zero-order chi connectivity index (χ0) is 14.6. The van der Waals surface area contributed by atoms with Gasteiger partial charge < -0.3 is 20.7 Å². The Labute approximate surface area is 118 Å². The Morgan fingerprint density at radius 2 is 2.11 bits per heavy atom. The van der Waals surface area contributed by atoms with Crippen LogP contribution in [0.1, 0.15) is 13.8 Å². The summed E-state index contributed by atoms with van der Waals surface area (Å²) in [4.78, 5) is 26.0. The lowest BCUT2D eigenvalue weighted by Gasteiger charge is -2.37. The quantitative estimate of drug-likeness (QED) is 0.682. The highest BCUT2D eigenvalue weighted by molar-refractivity contribution is 7.80. The highest BCUT2D eigenvalue weighted by atomic mass is 32.1. The monoisotopic (exact) mass is 287 g/mol. The number of nitrogens with zero attached hydrogens (tertiary/aromatic N) is 1. The molecule has 0 aromatic rings. The highest BCUT2D eigenvalue weighted by Crippen LogP contribution is 2.18. The first kappa shape index (κ1) is 15.8. The van der Waals surface area contributed by atoms with Crippen molar-refractivity contribution >= 4 is 29.0 Å². The first-order valence-corrected chi connectivity index (χ1v) is 6.70. The molecule has 1 heterocycles. The molecule has 0 radical (unpaired) electrons. The van der Waals surface area contributed by atoms with Crippen LogP contribution in [0.15, 0.2) is 0 Å². The van der Waals surface area contributed by atoms with Crippen LogP contribution in [0, 0.1) is 11.8 Å². The third-order valence-electron chi connectivity index (χ3n) is 3.20.